The average Bonchev–Trinajstić information content (AvgIpc) is 2.84. The molecule has 1 aliphatic heterocycles. The highest BCUT2D eigenvalue weighted by atomic mass is 19.1. The number of nitrogens with zero attached hydrogens (tertiary/aromatic N) is 1. The lowest BCUT2D eigenvalue weighted by Crippen LogP contribution is -2.06. The van der Waals surface area contributed by atoms with E-state index < -0.39 is 0 Å². The summed E-state index contributed by atoms with van der Waals surface area (Å²) in [6, 6.07) is 3.08. The van der Waals surface area contributed by atoms with Crippen LogP contribution in [0.2, 0.25) is 0 Å². The monoisotopic (exact) mass is 285 g/mol. The Labute approximate surface area is 122 Å². The summed E-state index contributed by atoms with van der Waals surface area (Å²) in [5, 5.41) is 0.773. The summed E-state index contributed by atoms with van der Waals surface area (Å²) in [6.07, 6.45) is 8.37. The van der Waals surface area contributed by atoms with Gasteiger partial charge in [0, 0.05) is 29.3 Å². The maximum Gasteiger partial charge on any atom is 0.126 e. The lowest BCUT2D eigenvalue weighted by atomic mass is 9.99. The van der Waals surface area contributed by atoms with Gasteiger partial charge >= 0.3 is 0 Å². The largest absolute Gasteiger partial charge is 0.347 e. The zero-order valence-corrected chi connectivity index (χ0v) is 12.0. The highest BCUT2D eigenvalue weighted by Crippen LogP contribution is 2.36. The molecule has 2 aromatic rings. The summed E-state index contributed by atoms with van der Waals surface area (Å²) in [7, 11) is 0. The Morgan fingerprint density at radius 2 is 2.19 bits per heavy atom. The Morgan fingerprint density at radius 3 is 2.90 bits per heavy atom. The van der Waals surface area contributed by atoms with E-state index in [9.17, 15) is 8.78 Å². The second kappa shape index (κ2) is 5.32. The molecule has 108 valence electrons. The number of aromatic nitrogens is 1. The maximum absolute atomic E-state index is 14.2. The molecule has 0 radical (unpaired) electrons. The summed E-state index contributed by atoms with van der Waals surface area (Å²) in [6.45, 7) is 6.18. The van der Waals surface area contributed by atoms with Crippen molar-refractivity contribution in [3.63, 3.8) is 0 Å². The predicted octanol–water partition coefficient (Wildman–Crippen LogP) is 5.17. The second-order valence-electron chi connectivity index (χ2n) is 5.25. The number of halogens is 2. The number of hydrogen-bond acceptors (Lipinski definition) is 0. The average molecular weight is 285 g/mol. The molecule has 0 atom stereocenters. The summed E-state index contributed by atoms with van der Waals surface area (Å²) >= 11 is 0. The predicted molar refractivity (Wildman–Crippen MR) is 83.3 cm³/mol. The molecule has 3 rings (SSSR count). The minimum Gasteiger partial charge on any atom is -0.347 e. The third kappa shape index (κ3) is 2.23. The van der Waals surface area contributed by atoms with Crippen molar-refractivity contribution < 1.29 is 8.78 Å². The lowest BCUT2D eigenvalue weighted by molar-refractivity contribution is 0.611. The number of benzene rings is 1. The Kier molecular flexibility index (Phi) is 3.50. The van der Waals surface area contributed by atoms with Gasteiger partial charge in [0.25, 0.3) is 0 Å². The molecule has 0 unspecified atom stereocenters. The molecule has 0 bridgehead atoms. The first-order valence-corrected chi connectivity index (χ1v) is 7.12. The third-order valence-corrected chi connectivity index (χ3v) is 3.95. The van der Waals surface area contributed by atoms with E-state index in [1.807, 2.05) is 6.20 Å². The first-order valence-electron chi connectivity index (χ1n) is 7.12. The third-order valence-electron chi connectivity index (χ3n) is 3.95. The fourth-order valence-corrected chi connectivity index (χ4v) is 3.08. The zero-order chi connectivity index (χ0) is 15.0. The Balaban J connectivity index is 2.34. The van der Waals surface area contributed by atoms with Crippen LogP contribution < -0.4 is 0 Å². The molecule has 1 aromatic carbocycles. The van der Waals surface area contributed by atoms with Crippen LogP contribution in [0.15, 0.2) is 49.0 Å². The fourth-order valence-electron chi connectivity index (χ4n) is 3.08. The van der Waals surface area contributed by atoms with Gasteiger partial charge in [0.05, 0.1) is 5.52 Å². The van der Waals surface area contributed by atoms with E-state index in [4.69, 9.17) is 0 Å². The van der Waals surface area contributed by atoms with Gasteiger partial charge in [-0.05, 0) is 37.5 Å². The summed E-state index contributed by atoms with van der Waals surface area (Å²) < 4.78 is 30.1. The Bertz CT molecular complexity index is 778. The zero-order valence-electron chi connectivity index (χ0n) is 12.0. The van der Waals surface area contributed by atoms with Crippen molar-refractivity contribution in [2.45, 2.75) is 26.3 Å². The van der Waals surface area contributed by atoms with Crippen molar-refractivity contribution in [2.24, 2.45) is 0 Å². The quantitative estimate of drug-likeness (QED) is 0.686. The van der Waals surface area contributed by atoms with Crippen molar-refractivity contribution in [2.75, 3.05) is 0 Å². The van der Waals surface area contributed by atoms with Crippen LogP contribution in [0, 0.1) is 5.82 Å². The first-order chi connectivity index (χ1) is 10.2. The molecule has 0 N–H and O–H groups in total. The Morgan fingerprint density at radius 1 is 1.38 bits per heavy atom. The normalized spacial score (nSPS) is 15.6. The molecule has 0 aliphatic carbocycles. The molecule has 0 amide bonds. The fraction of sp³-hybridized carbons (Fsp3) is 0.222. The molecule has 0 fully saturated rings. The molecular formula is C18H17F2N. The first kappa shape index (κ1) is 13.8. The SMILES string of the molecule is C=C/C=C(\C(F)=C/C)c1cn2c3c(cc(F)cc13)CCC2. The van der Waals surface area contributed by atoms with Crippen LogP contribution in [0.4, 0.5) is 8.78 Å². The summed E-state index contributed by atoms with van der Waals surface area (Å²) in [5.74, 6) is -0.587. The molecule has 1 aliphatic rings. The molecule has 1 nitrogen and oxygen atoms in total. The smallest absolute Gasteiger partial charge is 0.126 e. The van der Waals surface area contributed by atoms with E-state index in [1.54, 1.807) is 25.1 Å². The molecule has 0 saturated heterocycles. The van der Waals surface area contributed by atoms with Gasteiger partial charge in [-0.25, -0.2) is 8.78 Å². The van der Waals surface area contributed by atoms with E-state index in [-0.39, 0.29) is 11.6 Å². The molecule has 1 aromatic heterocycles. The van der Waals surface area contributed by atoms with E-state index in [0.29, 0.717) is 5.57 Å². The van der Waals surface area contributed by atoms with Crippen LogP contribution in [0.3, 0.4) is 0 Å². The highest BCUT2D eigenvalue weighted by Gasteiger charge is 2.20. The summed E-state index contributed by atoms with van der Waals surface area (Å²) in [5.41, 5.74) is 3.20. The number of aryl methyl sites for hydroxylation is 2. The van der Waals surface area contributed by atoms with Gasteiger partial charge in [-0.1, -0.05) is 24.8 Å². The van der Waals surface area contributed by atoms with Crippen molar-refractivity contribution in [1.29, 1.82) is 0 Å². The summed E-state index contributed by atoms with van der Waals surface area (Å²) in [4.78, 5) is 0. The lowest BCUT2D eigenvalue weighted by Gasteiger charge is -2.15. The highest BCUT2D eigenvalue weighted by molar-refractivity contribution is 5.98. The van der Waals surface area contributed by atoms with Gasteiger partial charge < -0.3 is 4.57 Å². The van der Waals surface area contributed by atoms with Crippen LogP contribution in [0.25, 0.3) is 16.5 Å². The molecule has 21 heavy (non-hydrogen) atoms. The van der Waals surface area contributed by atoms with Crippen LogP contribution in [-0.4, -0.2) is 4.57 Å². The molecular weight excluding hydrogens is 268 g/mol. The minimum absolute atomic E-state index is 0.266. The topological polar surface area (TPSA) is 4.93 Å². The van der Waals surface area contributed by atoms with Crippen molar-refractivity contribution >= 4 is 16.5 Å². The second-order valence-corrected chi connectivity index (χ2v) is 5.25. The van der Waals surface area contributed by atoms with Gasteiger partial charge in [-0.15, -0.1) is 0 Å². The van der Waals surface area contributed by atoms with Crippen molar-refractivity contribution in [3.8, 4) is 0 Å². The van der Waals surface area contributed by atoms with Crippen LogP contribution in [0.5, 0.6) is 0 Å². The van der Waals surface area contributed by atoms with Gasteiger partial charge in [0.2, 0.25) is 0 Å². The maximum atomic E-state index is 14.2. The molecule has 3 heteroatoms. The molecule has 0 saturated carbocycles. The standard InChI is InChI=1S/C18H17F2N/c1-3-6-14(17(20)4-2)16-11-21-8-5-7-12-9-13(19)10-15(16)18(12)21/h3-4,6,9-11H,1,5,7-8H2,2H3/b14-6-,17-4+. The van der Waals surface area contributed by atoms with Crippen LogP contribution >= 0.6 is 0 Å². The number of hydrogen-bond donors (Lipinski definition) is 0. The van der Waals surface area contributed by atoms with E-state index in [0.717, 1.165) is 41.4 Å². The van der Waals surface area contributed by atoms with Crippen LogP contribution in [-0.2, 0) is 13.0 Å². The molecule has 2 heterocycles. The number of allylic oxidation sites excluding steroid dienone is 5. The van der Waals surface area contributed by atoms with Crippen molar-refractivity contribution in [1.82, 2.24) is 4.57 Å². The van der Waals surface area contributed by atoms with Crippen LogP contribution in [0.1, 0.15) is 24.5 Å². The molecule has 0 spiro atoms. The van der Waals surface area contributed by atoms with E-state index in [1.165, 1.54) is 12.1 Å². The minimum atomic E-state index is -0.320. The van der Waals surface area contributed by atoms with Crippen molar-refractivity contribution in [3.05, 3.63) is 65.9 Å². The van der Waals surface area contributed by atoms with Gasteiger partial charge in [-0.2, -0.15) is 0 Å². The van der Waals surface area contributed by atoms with E-state index in [2.05, 4.69) is 11.1 Å². The van der Waals surface area contributed by atoms with E-state index >= 15 is 0 Å². The van der Waals surface area contributed by atoms with Gasteiger partial charge in [0.15, 0.2) is 0 Å². The Hall–Kier alpha value is -2.16. The number of rotatable bonds is 3. The van der Waals surface area contributed by atoms with Gasteiger partial charge in [0.1, 0.15) is 11.6 Å². The van der Waals surface area contributed by atoms with Gasteiger partial charge in [-0.3, -0.25) is 0 Å².